The van der Waals surface area contributed by atoms with Crippen molar-refractivity contribution in [2.75, 3.05) is 33.1 Å². The molecule has 0 spiro atoms. The van der Waals surface area contributed by atoms with Gasteiger partial charge < -0.3 is 54.7 Å². The molecule has 1 saturated carbocycles. The Kier molecular flexibility index (Phi) is 14.7. The lowest BCUT2D eigenvalue weighted by molar-refractivity contribution is -0.0808. The lowest BCUT2D eigenvalue weighted by Gasteiger charge is -2.30. The van der Waals surface area contributed by atoms with Gasteiger partial charge in [-0.1, -0.05) is 28.0 Å². The molecule has 0 radical (unpaired) electrons. The molecule has 5 atom stereocenters. The Morgan fingerprint density at radius 3 is 2.30 bits per heavy atom. The highest BCUT2D eigenvalue weighted by Crippen LogP contribution is 2.46. The first-order valence-electron chi connectivity index (χ1n) is 15.9. The van der Waals surface area contributed by atoms with Crippen LogP contribution in [-0.2, 0) is 17.6 Å². The molecule has 1 aliphatic carbocycles. The summed E-state index contributed by atoms with van der Waals surface area (Å²) in [6.07, 6.45) is 4.43. The van der Waals surface area contributed by atoms with E-state index in [2.05, 4.69) is 0 Å². The number of aliphatic hydroxyl groups excluding tert-OH is 5. The molecule has 2 aliphatic rings. The number of ether oxygens (including phenoxy) is 4. The Labute approximate surface area is 278 Å². The molecule has 7 N–H and O–H groups in total. The number of methoxy groups -OCH3 is 1. The summed E-state index contributed by atoms with van der Waals surface area (Å²) in [6, 6.07) is 6.73. The number of hydrogen-bond donors (Lipinski definition) is 7. The van der Waals surface area contributed by atoms with Gasteiger partial charge in [-0.3, -0.25) is 0 Å². The molecule has 2 aromatic rings. The second kappa shape index (κ2) is 18.4. The van der Waals surface area contributed by atoms with E-state index in [9.17, 15) is 35.7 Å². The number of rotatable bonds is 11. The van der Waals surface area contributed by atoms with E-state index in [4.69, 9.17) is 18.9 Å². The fourth-order valence-electron chi connectivity index (χ4n) is 6.31. The summed E-state index contributed by atoms with van der Waals surface area (Å²) in [5, 5.41) is 73.1. The number of phenols is 2. The zero-order valence-corrected chi connectivity index (χ0v) is 27.9. The number of hydrogen-bond acceptors (Lipinski definition) is 13. The third-order valence-corrected chi connectivity index (χ3v) is 11.6. The summed E-state index contributed by atoms with van der Waals surface area (Å²) in [5.41, 5.74) is 2.40. The van der Waals surface area contributed by atoms with Crippen LogP contribution in [0.1, 0.15) is 73.3 Å². The maximum Gasteiger partial charge on any atom is 0.200 e. The van der Waals surface area contributed by atoms with Crippen molar-refractivity contribution in [3.8, 4) is 28.7 Å². The minimum Gasteiger partial charge on any atom is -0.504 e. The van der Waals surface area contributed by atoms with E-state index in [0.717, 1.165) is 36.8 Å². The monoisotopic (exact) mass is 684 g/mol. The molecule has 0 saturated heterocycles. The van der Waals surface area contributed by atoms with E-state index in [0.29, 0.717) is 30.6 Å². The van der Waals surface area contributed by atoms with Crippen LogP contribution in [0, 0.1) is 5.92 Å². The van der Waals surface area contributed by atoms with E-state index in [1.165, 1.54) is 41.2 Å². The summed E-state index contributed by atoms with van der Waals surface area (Å²) in [5.74, 6) is -0.0776. The van der Waals surface area contributed by atoms with E-state index in [1.807, 2.05) is 6.07 Å². The average Bonchev–Trinajstić information content (AvgIpc) is 3.05. The third-order valence-electron chi connectivity index (χ3n) is 8.78. The van der Waals surface area contributed by atoms with Crippen LogP contribution in [0.25, 0.3) is 0 Å². The summed E-state index contributed by atoms with van der Waals surface area (Å²) >= 11 is 0. The average molecular weight is 685 g/mol. The molecule has 1 heterocycles. The van der Waals surface area contributed by atoms with Crippen molar-refractivity contribution in [1.82, 2.24) is 0 Å². The normalized spacial score (nSPS) is 25.0. The standard InChI is InChI=1S/C33H48O11S2/c1-41-30-12-20(13-31(33(30)40)43-19-36)11-25-26(37)15-23(42-18-35)8-7-21-14-29(44-22-5-3-2-4-6-22)27(38)16-24(21)32(9-10-34)46-45-17-28(25)39/h12-14,16,22-23,25-26,28,32,34-40H,2-11,15,17-19H2,1H3. The van der Waals surface area contributed by atoms with Gasteiger partial charge >= 0.3 is 0 Å². The predicted octanol–water partition coefficient (Wildman–Crippen LogP) is 4.20. The van der Waals surface area contributed by atoms with E-state index < -0.39 is 37.8 Å². The largest absolute Gasteiger partial charge is 0.504 e. The van der Waals surface area contributed by atoms with Gasteiger partial charge in [-0.2, -0.15) is 0 Å². The number of aryl methyl sites for hydroxylation is 1. The first kappa shape index (κ1) is 36.7. The first-order chi connectivity index (χ1) is 22.3. The lowest BCUT2D eigenvalue weighted by atomic mass is 9.85. The van der Waals surface area contributed by atoms with Crippen molar-refractivity contribution in [3.63, 3.8) is 0 Å². The number of phenolic OH excluding ortho intramolecular Hbond substituents is 2. The zero-order valence-electron chi connectivity index (χ0n) is 26.3. The van der Waals surface area contributed by atoms with Gasteiger partial charge in [0.1, 0.15) is 6.79 Å². The molecular formula is C33H48O11S2. The van der Waals surface area contributed by atoms with Gasteiger partial charge in [0.2, 0.25) is 5.75 Å². The first-order valence-corrected chi connectivity index (χ1v) is 18.3. The summed E-state index contributed by atoms with van der Waals surface area (Å²) in [6.45, 7) is -1.27. The van der Waals surface area contributed by atoms with E-state index in [1.54, 1.807) is 12.1 Å². The Morgan fingerprint density at radius 1 is 0.848 bits per heavy atom. The van der Waals surface area contributed by atoms with Crippen LogP contribution in [0.3, 0.4) is 0 Å². The Hall–Kier alpha value is -2.10. The van der Waals surface area contributed by atoms with Crippen LogP contribution in [0.4, 0.5) is 0 Å². The van der Waals surface area contributed by atoms with Gasteiger partial charge in [0.25, 0.3) is 0 Å². The maximum absolute atomic E-state index is 11.5. The number of aromatic hydroxyl groups is 2. The van der Waals surface area contributed by atoms with Crippen LogP contribution in [0.5, 0.6) is 28.7 Å². The molecule has 258 valence electrons. The smallest absolute Gasteiger partial charge is 0.200 e. The number of aliphatic hydroxyl groups is 5. The Morgan fingerprint density at radius 2 is 1.61 bits per heavy atom. The molecule has 4 rings (SSSR count). The third kappa shape index (κ3) is 9.96. The summed E-state index contributed by atoms with van der Waals surface area (Å²) in [7, 11) is 4.30. The van der Waals surface area contributed by atoms with E-state index in [-0.39, 0.29) is 59.6 Å². The SMILES string of the molecule is COc1cc(CC2C(O)CSSC(CCO)c3cc(O)c(OC4CCCCC4)cc3CCC(OCO)CC2O)cc(OCO)c1O. The minimum absolute atomic E-state index is 0.0107. The number of benzene rings is 2. The van der Waals surface area contributed by atoms with Gasteiger partial charge in [-0.25, -0.2) is 0 Å². The van der Waals surface area contributed by atoms with Crippen LogP contribution in [-0.4, -0.2) is 93.2 Å². The van der Waals surface area contributed by atoms with E-state index >= 15 is 0 Å². The molecule has 5 unspecified atom stereocenters. The van der Waals surface area contributed by atoms with Crippen molar-refractivity contribution >= 4 is 21.6 Å². The van der Waals surface area contributed by atoms with Gasteiger partial charge in [-0.15, -0.1) is 0 Å². The number of fused-ring (bicyclic) bond motifs is 1. The Bertz CT molecular complexity index is 1230. The molecule has 46 heavy (non-hydrogen) atoms. The molecule has 13 heteroatoms. The molecule has 2 aromatic carbocycles. The van der Waals surface area contributed by atoms with Gasteiger partial charge in [-0.05, 0) is 98.7 Å². The molecular weight excluding hydrogens is 636 g/mol. The summed E-state index contributed by atoms with van der Waals surface area (Å²) in [4.78, 5) is 0. The van der Waals surface area contributed by atoms with Crippen LogP contribution in [0.2, 0.25) is 0 Å². The highest BCUT2D eigenvalue weighted by molar-refractivity contribution is 8.76. The second-order valence-electron chi connectivity index (χ2n) is 11.9. The van der Waals surface area contributed by atoms with Gasteiger partial charge in [0.15, 0.2) is 29.8 Å². The van der Waals surface area contributed by atoms with Crippen molar-refractivity contribution < 1.29 is 54.7 Å². The minimum atomic E-state index is -1.03. The highest BCUT2D eigenvalue weighted by atomic mass is 33.1. The zero-order chi connectivity index (χ0) is 33.1. The molecule has 0 amide bonds. The molecule has 0 aromatic heterocycles. The molecule has 11 nitrogen and oxygen atoms in total. The topological polar surface area (TPSA) is 179 Å². The summed E-state index contributed by atoms with van der Waals surface area (Å²) < 4.78 is 22.4. The highest BCUT2D eigenvalue weighted by Gasteiger charge is 2.32. The predicted molar refractivity (Wildman–Crippen MR) is 177 cm³/mol. The second-order valence-corrected chi connectivity index (χ2v) is 14.5. The van der Waals surface area contributed by atoms with Crippen molar-refractivity contribution in [3.05, 3.63) is 41.0 Å². The quantitative estimate of drug-likeness (QED) is 0.132. The maximum atomic E-state index is 11.5. The van der Waals surface area contributed by atoms with Crippen LogP contribution < -0.4 is 14.2 Å². The van der Waals surface area contributed by atoms with Gasteiger partial charge in [0, 0.05) is 23.5 Å². The van der Waals surface area contributed by atoms with Gasteiger partial charge in [0.05, 0.1) is 31.5 Å². The van der Waals surface area contributed by atoms with Crippen LogP contribution in [0.15, 0.2) is 24.3 Å². The lowest BCUT2D eigenvalue weighted by Crippen LogP contribution is -2.38. The molecule has 0 bridgehead atoms. The fraction of sp³-hybridized carbons (Fsp3) is 0.636. The van der Waals surface area contributed by atoms with Crippen molar-refractivity contribution in [2.24, 2.45) is 5.92 Å². The van der Waals surface area contributed by atoms with Crippen molar-refractivity contribution in [2.45, 2.75) is 93.9 Å². The molecule has 1 aliphatic heterocycles. The Balaban J connectivity index is 1.63. The van der Waals surface area contributed by atoms with Crippen LogP contribution >= 0.6 is 21.6 Å². The molecule has 1 fully saturated rings. The van der Waals surface area contributed by atoms with Crippen molar-refractivity contribution in [1.29, 1.82) is 0 Å². The fourth-order valence-corrected chi connectivity index (χ4v) is 9.21.